The van der Waals surface area contributed by atoms with Crippen molar-refractivity contribution in [1.29, 1.82) is 0 Å². The normalized spacial score (nSPS) is 17.6. The van der Waals surface area contributed by atoms with Gasteiger partial charge in [-0.3, -0.25) is 0 Å². The van der Waals surface area contributed by atoms with Gasteiger partial charge in [0.25, 0.3) is 0 Å². The van der Waals surface area contributed by atoms with Gasteiger partial charge in [0.1, 0.15) is 5.82 Å². The molecule has 0 aliphatic heterocycles. The Kier molecular flexibility index (Phi) is 3.94. The average molecular weight is 205 g/mol. The van der Waals surface area contributed by atoms with E-state index in [1.165, 1.54) is 38.5 Å². The van der Waals surface area contributed by atoms with Gasteiger partial charge in [-0.1, -0.05) is 32.1 Å². The Bertz CT molecular complexity index is 267. The molecule has 1 aromatic rings. The molecule has 0 saturated heterocycles. The maximum atomic E-state index is 4.00. The predicted octanol–water partition coefficient (Wildman–Crippen LogP) is 2.86. The first kappa shape index (κ1) is 10.4. The number of rotatable bonds is 4. The first-order valence-corrected chi connectivity index (χ1v) is 5.97. The van der Waals surface area contributed by atoms with E-state index >= 15 is 0 Å². The molecule has 0 spiro atoms. The van der Waals surface area contributed by atoms with Crippen molar-refractivity contribution < 1.29 is 0 Å². The van der Waals surface area contributed by atoms with E-state index in [0.29, 0.717) is 0 Å². The molecule has 3 nitrogen and oxygen atoms in total. The monoisotopic (exact) mass is 205 g/mol. The number of aromatic nitrogens is 2. The lowest BCUT2D eigenvalue weighted by atomic mass is 9.87. The van der Waals surface area contributed by atoms with Gasteiger partial charge >= 0.3 is 0 Å². The van der Waals surface area contributed by atoms with E-state index < -0.39 is 0 Å². The molecule has 2 rings (SSSR count). The molecule has 0 unspecified atom stereocenters. The van der Waals surface area contributed by atoms with Gasteiger partial charge in [-0.15, -0.1) is 5.10 Å². The number of anilines is 1. The zero-order chi connectivity index (χ0) is 10.3. The van der Waals surface area contributed by atoms with Gasteiger partial charge in [-0.05, 0) is 24.5 Å². The largest absolute Gasteiger partial charge is 0.369 e. The number of hydrogen-bond acceptors (Lipinski definition) is 3. The predicted molar refractivity (Wildman–Crippen MR) is 61.7 cm³/mol. The number of nitrogens with one attached hydrogen (secondary N) is 1. The van der Waals surface area contributed by atoms with Crippen molar-refractivity contribution in [3.05, 3.63) is 18.3 Å². The van der Waals surface area contributed by atoms with Crippen LogP contribution in [0.3, 0.4) is 0 Å². The molecule has 0 radical (unpaired) electrons. The third-order valence-electron chi connectivity index (χ3n) is 3.16. The molecule has 1 aliphatic carbocycles. The minimum atomic E-state index is 0.897. The van der Waals surface area contributed by atoms with Gasteiger partial charge in [0.05, 0.1) is 0 Å². The quantitative estimate of drug-likeness (QED) is 0.821. The Balaban J connectivity index is 1.66. The summed E-state index contributed by atoms with van der Waals surface area (Å²) in [6.07, 6.45) is 10.1. The van der Waals surface area contributed by atoms with Crippen molar-refractivity contribution >= 4 is 5.82 Å². The van der Waals surface area contributed by atoms with Crippen molar-refractivity contribution in [2.24, 2.45) is 5.92 Å². The summed E-state index contributed by atoms with van der Waals surface area (Å²) in [5, 5.41) is 11.2. The van der Waals surface area contributed by atoms with Crippen LogP contribution in [0, 0.1) is 5.92 Å². The molecule has 0 bridgehead atoms. The van der Waals surface area contributed by atoms with Crippen LogP contribution in [0.5, 0.6) is 0 Å². The molecular weight excluding hydrogens is 186 g/mol. The molecule has 1 fully saturated rings. The Labute approximate surface area is 91.3 Å². The zero-order valence-electron chi connectivity index (χ0n) is 9.15. The molecule has 1 heterocycles. The molecule has 1 aromatic heterocycles. The molecule has 1 saturated carbocycles. The smallest absolute Gasteiger partial charge is 0.148 e. The van der Waals surface area contributed by atoms with Crippen molar-refractivity contribution in [1.82, 2.24) is 10.2 Å². The minimum absolute atomic E-state index is 0.897. The van der Waals surface area contributed by atoms with Crippen molar-refractivity contribution in [2.75, 3.05) is 11.9 Å². The highest BCUT2D eigenvalue weighted by molar-refractivity contribution is 5.30. The second-order valence-electron chi connectivity index (χ2n) is 4.33. The summed E-state index contributed by atoms with van der Waals surface area (Å²) in [6, 6.07) is 3.88. The van der Waals surface area contributed by atoms with E-state index in [-0.39, 0.29) is 0 Å². The van der Waals surface area contributed by atoms with E-state index in [1.807, 2.05) is 12.1 Å². The number of nitrogens with zero attached hydrogens (tertiary/aromatic N) is 2. The first-order valence-electron chi connectivity index (χ1n) is 5.97. The molecule has 0 aromatic carbocycles. The minimum Gasteiger partial charge on any atom is -0.369 e. The third-order valence-corrected chi connectivity index (χ3v) is 3.16. The first-order chi connectivity index (χ1) is 7.45. The molecule has 82 valence electrons. The van der Waals surface area contributed by atoms with Gasteiger partial charge in [0.2, 0.25) is 0 Å². The van der Waals surface area contributed by atoms with E-state index in [2.05, 4.69) is 15.5 Å². The average Bonchev–Trinajstić information content (AvgIpc) is 2.32. The lowest BCUT2D eigenvalue weighted by Crippen LogP contribution is -2.12. The zero-order valence-corrected chi connectivity index (χ0v) is 9.15. The van der Waals surface area contributed by atoms with Gasteiger partial charge in [-0.2, -0.15) is 5.10 Å². The van der Waals surface area contributed by atoms with Crippen molar-refractivity contribution in [3.63, 3.8) is 0 Å². The van der Waals surface area contributed by atoms with Crippen LogP contribution in [-0.2, 0) is 0 Å². The van der Waals surface area contributed by atoms with Crippen LogP contribution in [0.2, 0.25) is 0 Å². The third kappa shape index (κ3) is 3.50. The Morgan fingerprint density at radius 1 is 1.27 bits per heavy atom. The Hall–Kier alpha value is -1.12. The Morgan fingerprint density at radius 3 is 2.87 bits per heavy atom. The SMILES string of the molecule is c1cnnc(NCCC2CCCCC2)c1. The molecule has 3 heteroatoms. The summed E-state index contributed by atoms with van der Waals surface area (Å²) < 4.78 is 0. The summed E-state index contributed by atoms with van der Waals surface area (Å²) in [4.78, 5) is 0. The fourth-order valence-electron chi connectivity index (χ4n) is 2.28. The van der Waals surface area contributed by atoms with Gasteiger partial charge in [0, 0.05) is 12.7 Å². The maximum absolute atomic E-state index is 4.00. The van der Waals surface area contributed by atoms with Crippen LogP contribution < -0.4 is 5.32 Å². The summed E-state index contributed by atoms with van der Waals surface area (Å²) in [5.74, 6) is 1.83. The molecular formula is C12H19N3. The molecule has 1 aliphatic rings. The van der Waals surface area contributed by atoms with Crippen LogP contribution in [-0.4, -0.2) is 16.7 Å². The summed E-state index contributed by atoms with van der Waals surface area (Å²) in [6.45, 7) is 1.03. The van der Waals surface area contributed by atoms with Crippen LogP contribution >= 0.6 is 0 Å². The summed E-state index contributed by atoms with van der Waals surface area (Å²) in [5.41, 5.74) is 0. The highest BCUT2D eigenvalue weighted by Crippen LogP contribution is 2.25. The van der Waals surface area contributed by atoms with Crippen molar-refractivity contribution in [2.45, 2.75) is 38.5 Å². The molecule has 0 atom stereocenters. The molecule has 15 heavy (non-hydrogen) atoms. The second kappa shape index (κ2) is 5.69. The highest BCUT2D eigenvalue weighted by atomic mass is 15.2. The second-order valence-corrected chi connectivity index (χ2v) is 4.33. The van der Waals surface area contributed by atoms with Gasteiger partial charge in [0.15, 0.2) is 0 Å². The van der Waals surface area contributed by atoms with Gasteiger partial charge < -0.3 is 5.32 Å². The van der Waals surface area contributed by atoms with Crippen LogP contribution in [0.25, 0.3) is 0 Å². The fraction of sp³-hybridized carbons (Fsp3) is 0.667. The summed E-state index contributed by atoms with van der Waals surface area (Å²) >= 11 is 0. The topological polar surface area (TPSA) is 37.8 Å². The highest BCUT2D eigenvalue weighted by Gasteiger charge is 2.12. The molecule has 0 amide bonds. The number of hydrogen-bond donors (Lipinski definition) is 1. The van der Waals surface area contributed by atoms with E-state index in [0.717, 1.165) is 18.3 Å². The van der Waals surface area contributed by atoms with Crippen LogP contribution in [0.15, 0.2) is 18.3 Å². The van der Waals surface area contributed by atoms with Gasteiger partial charge in [-0.25, -0.2) is 0 Å². The lowest BCUT2D eigenvalue weighted by Gasteiger charge is -2.21. The maximum Gasteiger partial charge on any atom is 0.148 e. The molecule has 1 N–H and O–H groups in total. The van der Waals surface area contributed by atoms with E-state index in [4.69, 9.17) is 0 Å². The fourth-order valence-corrected chi connectivity index (χ4v) is 2.28. The van der Waals surface area contributed by atoms with Crippen LogP contribution in [0.1, 0.15) is 38.5 Å². The van der Waals surface area contributed by atoms with E-state index in [1.54, 1.807) is 6.20 Å². The Morgan fingerprint density at radius 2 is 2.13 bits per heavy atom. The van der Waals surface area contributed by atoms with Crippen LogP contribution in [0.4, 0.5) is 5.82 Å². The van der Waals surface area contributed by atoms with E-state index in [9.17, 15) is 0 Å². The summed E-state index contributed by atoms with van der Waals surface area (Å²) in [7, 11) is 0. The van der Waals surface area contributed by atoms with Crippen molar-refractivity contribution in [3.8, 4) is 0 Å². The standard InChI is InChI=1S/C12H19N3/c1-2-5-11(6-3-1)8-10-13-12-7-4-9-14-15-12/h4,7,9,11H,1-3,5-6,8,10H2,(H,13,15). The lowest BCUT2D eigenvalue weighted by molar-refractivity contribution is 0.345.